The van der Waals surface area contributed by atoms with Crippen LogP contribution < -0.4 is 10.1 Å². The molecule has 0 amide bonds. The molecule has 0 saturated heterocycles. The van der Waals surface area contributed by atoms with Gasteiger partial charge in [0.2, 0.25) is 0 Å². The van der Waals surface area contributed by atoms with Gasteiger partial charge < -0.3 is 10.1 Å². The van der Waals surface area contributed by atoms with E-state index in [1.165, 1.54) is 12.1 Å². The van der Waals surface area contributed by atoms with Gasteiger partial charge in [-0.3, -0.25) is 0 Å². The Morgan fingerprint density at radius 1 is 1.14 bits per heavy atom. The molecular formula is C14H10BrCl2F2NO. The second kappa shape index (κ2) is 7.29. The predicted molar refractivity (Wildman–Crippen MR) is 84.6 cm³/mol. The number of nitrogens with one attached hydrogen (secondary N) is 1. The Balaban J connectivity index is 2.16. The van der Waals surface area contributed by atoms with Crippen molar-refractivity contribution in [3.8, 4) is 5.75 Å². The zero-order valence-electron chi connectivity index (χ0n) is 10.5. The first-order chi connectivity index (χ1) is 9.95. The van der Waals surface area contributed by atoms with Gasteiger partial charge in [-0.2, -0.15) is 8.78 Å². The fourth-order valence-corrected chi connectivity index (χ4v) is 2.66. The summed E-state index contributed by atoms with van der Waals surface area (Å²) in [5, 5.41) is 4.02. The van der Waals surface area contributed by atoms with Crippen molar-refractivity contribution in [3.63, 3.8) is 0 Å². The fraction of sp³-hybridized carbons (Fsp3) is 0.143. The molecule has 1 N–H and O–H groups in total. The van der Waals surface area contributed by atoms with Crippen LogP contribution in [0.2, 0.25) is 10.0 Å². The molecule has 2 rings (SSSR count). The molecule has 0 unspecified atom stereocenters. The smallest absolute Gasteiger partial charge is 0.387 e. The number of hydrogen-bond acceptors (Lipinski definition) is 2. The molecule has 2 aromatic rings. The summed E-state index contributed by atoms with van der Waals surface area (Å²) >= 11 is 15.3. The molecule has 0 saturated carbocycles. The second-order valence-corrected chi connectivity index (χ2v) is 5.87. The summed E-state index contributed by atoms with van der Waals surface area (Å²) in [5.74, 6) is 0.0788. The van der Waals surface area contributed by atoms with Gasteiger partial charge in [-0.15, -0.1) is 0 Å². The summed E-state index contributed by atoms with van der Waals surface area (Å²) in [7, 11) is 0. The third-order valence-electron chi connectivity index (χ3n) is 2.64. The molecule has 0 aliphatic heterocycles. The van der Waals surface area contributed by atoms with Gasteiger partial charge in [-0.1, -0.05) is 39.1 Å². The van der Waals surface area contributed by atoms with E-state index in [0.717, 1.165) is 4.47 Å². The van der Waals surface area contributed by atoms with Crippen molar-refractivity contribution in [3.05, 3.63) is 56.5 Å². The SMILES string of the molecule is FC(F)Oc1ccc(Cl)cc1CNc1ccc(Br)cc1Cl. The lowest BCUT2D eigenvalue weighted by Crippen LogP contribution is -2.07. The van der Waals surface area contributed by atoms with Gasteiger partial charge in [0, 0.05) is 21.6 Å². The van der Waals surface area contributed by atoms with E-state index in [1.54, 1.807) is 18.2 Å². The van der Waals surface area contributed by atoms with Crippen molar-refractivity contribution < 1.29 is 13.5 Å². The molecule has 112 valence electrons. The molecule has 7 heteroatoms. The molecule has 0 atom stereocenters. The third-order valence-corrected chi connectivity index (χ3v) is 3.68. The number of benzene rings is 2. The predicted octanol–water partition coefficient (Wildman–Crippen LogP) is 5.97. The zero-order valence-corrected chi connectivity index (χ0v) is 13.6. The highest BCUT2D eigenvalue weighted by Crippen LogP contribution is 2.29. The van der Waals surface area contributed by atoms with Crippen molar-refractivity contribution >= 4 is 44.8 Å². The van der Waals surface area contributed by atoms with Gasteiger partial charge in [0.25, 0.3) is 0 Å². The molecule has 21 heavy (non-hydrogen) atoms. The number of ether oxygens (including phenoxy) is 1. The minimum Gasteiger partial charge on any atom is -0.434 e. The fourth-order valence-electron chi connectivity index (χ4n) is 1.72. The molecule has 0 heterocycles. The minimum absolute atomic E-state index is 0.0788. The van der Waals surface area contributed by atoms with Crippen molar-refractivity contribution in [1.82, 2.24) is 0 Å². The maximum absolute atomic E-state index is 12.4. The van der Waals surface area contributed by atoms with Crippen molar-refractivity contribution in [2.24, 2.45) is 0 Å². The van der Waals surface area contributed by atoms with Crippen LogP contribution in [0, 0.1) is 0 Å². The van der Waals surface area contributed by atoms with Crippen LogP contribution in [-0.2, 0) is 6.54 Å². The lowest BCUT2D eigenvalue weighted by atomic mass is 10.2. The van der Waals surface area contributed by atoms with Crippen molar-refractivity contribution in [2.75, 3.05) is 5.32 Å². The van der Waals surface area contributed by atoms with Crippen LogP contribution in [0.3, 0.4) is 0 Å². The van der Waals surface area contributed by atoms with Gasteiger partial charge in [0.05, 0.1) is 10.7 Å². The first-order valence-electron chi connectivity index (χ1n) is 5.88. The largest absolute Gasteiger partial charge is 0.434 e. The average molecular weight is 397 g/mol. The van der Waals surface area contributed by atoms with E-state index in [9.17, 15) is 8.78 Å². The second-order valence-electron chi connectivity index (χ2n) is 4.11. The summed E-state index contributed by atoms with van der Waals surface area (Å²) in [4.78, 5) is 0. The normalized spacial score (nSPS) is 10.8. The van der Waals surface area contributed by atoms with Crippen molar-refractivity contribution in [1.29, 1.82) is 0 Å². The maximum atomic E-state index is 12.4. The lowest BCUT2D eigenvalue weighted by Gasteiger charge is -2.13. The molecule has 0 aliphatic rings. The summed E-state index contributed by atoms with van der Waals surface area (Å²) < 4.78 is 30.1. The van der Waals surface area contributed by atoms with E-state index >= 15 is 0 Å². The van der Waals surface area contributed by atoms with Crippen LogP contribution in [0.5, 0.6) is 5.75 Å². The van der Waals surface area contributed by atoms with E-state index in [2.05, 4.69) is 26.0 Å². The number of rotatable bonds is 5. The standard InChI is InChI=1S/C14H10BrCl2F2NO/c15-9-1-3-12(11(17)6-9)20-7-8-5-10(16)2-4-13(8)21-14(18)19/h1-6,14,20H,7H2. The summed E-state index contributed by atoms with van der Waals surface area (Å²) in [6, 6.07) is 9.81. The minimum atomic E-state index is -2.89. The number of alkyl halides is 2. The highest BCUT2D eigenvalue weighted by atomic mass is 79.9. The van der Waals surface area contributed by atoms with E-state index in [4.69, 9.17) is 23.2 Å². The van der Waals surface area contributed by atoms with Crippen molar-refractivity contribution in [2.45, 2.75) is 13.2 Å². The highest BCUT2D eigenvalue weighted by Gasteiger charge is 2.11. The molecule has 0 spiro atoms. The summed E-state index contributed by atoms with van der Waals surface area (Å²) in [6.07, 6.45) is 0. The molecule has 0 radical (unpaired) electrons. The molecule has 0 aromatic heterocycles. The van der Waals surface area contributed by atoms with Crippen LogP contribution in [0.25, 0.3) is 0 Å². The number of halogens is 5. The Morgan fingerprint density at radius 3 is 2.57 bits per heavy atom. The third kappa shape index (κ3) is 4.73. The number of anilines is 1. The molecule has 0 bridgehead atoms. The molecule has 2 aromatic carbocycles. The quantitative estimate of drug-likeness (QED) is 0.672. The van der Waals surface area contributed by atoms with E-state index < -0.39 is 6.61 Å². The lowest BCUT2D eigenvalue weighted by molar-refractivity contribution is -0.0504. The van der Waals surface area contributed by atoms with Crippen LogP contribution in [0.1, 0.15) is 5.56 Å². The molecule has 2 nitrogen and oxygen atoms in total. The van der Waals surface area contributed by atoms with Gasteiger partial charge >= 0.3 is 6.61 Å². The van der Waals surface area contributed by atoms with Gasteiger partial charge in [-0.25, -0.2) is 0 Å². The van der Waals surface area contributed by atoms with E-state index in [0.29, 0.717) is 21.3 Å². The zero-order chi connectivity index (χ0) is 15.4. The highest BCUT2D eigenvalue weighted by molar-refractivity contribution is 9.10. The van der Waals surface area contributed by atoms with Gasteiger partial charge in [-0.05, 0) is 36.4 Å². The monoisotopic (exact) mass is 395 g/mol. The van der Waals surface area contributed by atoms with E-state index in [1.807, 2.05) is 6.07 Å². The average Bonchev–Trinajstić information content (AvgIpc) is 2.40. The molecular weight excluding hydrogens is 387 g/mol. The molecule has 0 aliphatic carbocycles. The maximum Gasteiger partial charge on any atom is 0.387 e. The van der Waals surface area contributed by atoms with E-state index in [-0.39, 0.29) is 12.3 Å². The van der Waals surface area contributed by atoms with Gasteiger partial charge in [0.15, 0.2) is 0 Å². The Morgan fingerprint density at radius 2 is 1.90 bits per heavy atom. The Labute approximate surface area is 139 Å². The Kier molecular flexibility index (Phi) is 5.67. The first kappa shape index (κ1) is 16.3. The van der Waals surface area contributed by atoms with Crippen LogP contribution in [0.4, 0.5) is 14.5 Å². The Hall–Kier alpha value is -1.04. The Bertz CT molecular complexity index is 640. The van der Waals surface area contributed by atoms with Crippen LogP contribution >= 0.6 is 39.1 Å². The van der Waals surface area contributed by atoms with Gasteiger partial charge in [0.1, 0.15) is 5.75 Å². The first-order valence-corrected chi connectivity index (χ1v) is 7.43. The number of hydrogen-bond donors (Lipinski definition) is 1. The summed E-state index contributed by atoms with van der Waals surface area (Å²) in [6.45, 7) is -2.63. The topological polar surface area (TPSA) is 21.3 Å². The molecule has 0 fully saturated rings. The summed E-state index contributed by atoms with van der Waals surface area (Å²) in [5.41, 5.74) is 1.20. The van der Waals surface area contributed by atoms with Crippen LogP contribution in [-0.4, -0.2) is 6.61 Å². The van der Waals surface area contributed by atoms with Crippen LogP contribution in [0.15, 0.2) is 40.9 Å².